The summed E-state index contributed by atoms with van der Waals surface area (Å²) in [5.74, 6) is 0.367. The number of carbonyl (C=O) groups is 1. The van der Waals surface area contributed by atoms with Gasteiger partial charge in [-0.2, -0.15) is 13.2 Å². The number of nitrogens with zero attached hydrogens (tertiary/aromatic N) is 1. The number of alkyl halides is 3. The van der Waals surface area contributed by atoms with Crippen molar-refractivity contribution >= 4 is 39.9 Å². The van der Waals surface area contributed by atoms with E-state index in [9.17, 15) is 27.9 Å². The lowest BCUT2D eigenvalue weighted by atomic mass is 9.92. The van der Waals surface area contributed by atoms with Gasteiger partial charge in [-0.1, -0.05) is 54.1 Å². The van der Waals surface area contributed by atoms with Crippen LogP contribution in [0.25, 0.3) is 33.4 Å². The molecule has 4 aromatic rings. The molecule has 0 aromatic heterocycles. The summed E-state index contributed by atoms with van der Waals surface area (Å²) in [4.78, 5) is 27.2. The second-order valence-electron chi connectivity index (χ2n) is 20.9. The van der Waals surface area contributed by atoms with Crippen LogP contribution in [0.15, 0.2) is 118 Å². The van der Waals surface area contributed by atoms with E-state index in [2.05, 4.69) is 20.9 Å². The van der Waals surface area contributed by atoms with Crippen molar-refractivity contribution in [3.63, 3.8) is 0 Å². The average molecular weight is 1280 g/mol. The molecule has 0 unspecified atom stereocenters. The van der Waals surface area contributed by atoms with Crippen LogP contribution in [0.1, 0.15) is 41.1 Å². The average Bonchev–Trinajstić information content (AvgIpc) is 0.800. The summed E-state index contributed by atoms with van der Waals surface area (Å²) in [5, 5.41) is 20.6. The molecule has 4 N–H and O–H groups in total. The summed E-state index contributed by atoms with van der Waals surface area (Å²) in [7, 11) is 0. The van der Waals surface area contributed by atoms with Crippen LogP contribution >= 0.6 is 12.2 Å². The number of piperidine rings is 1. The molecule has 2 atom stereocenters. The number of amides is 1. The van der Waals surface area contributed by atoms with Crippen LogP contribution in [0.3, 0.4) is 0 Å². The molecule has 3 aliphatic rings. The molecule has 90 heavy (non-hydrogen) atoms. The number of hydrogen-bond donors (Lipinski definition) is 4. The third-order valence-electron chi connectivity index (χ3n) is 14.0. The van der Waals surface area contributed by atoms with Crippen molar-refractivity contribution in [2.75, 3.05) is 177 Å². The standard InChI is InChI=1S/C66H85F3N4O16S/c1-49-42-50(44-53(43-49)66(67,68)69)48-88-59-8-5-19-73(64(59)52-6-3-2-4-7-52)47-62(76)70-17-20-77-22-24-79-26-28-81-30-32-83-34-36-85-38-40-87-41-39-86-37-35-84-33-31-82-29-27-80-25-23-78-21-18-71-65(90)72-54-11-9-51(10-12-54)63-57-15-13-55(74)45-60(57)89-61-46-56(75)14-16-58(61)63/h2-4,6-7,9-16,42-46,59,64,74H,5,8,17-41,47-48H2,1H3,(H,70,76)(H2,71,72,90)/t59-,64-/m0/s1. The highest BCUT2D eigenvalue weighted by Crippen LogP contribution is 2.41. The number of aryl methyl sites for hydroxylation is 1. The second-order valence-corrected chi connectivity index (χ2v) is 21.3. The maximum Gasteiger partial charge on any atom is 0.416 e. The SMILES string of the molecule is Cc1cc(CO[C@H]2CCCN(CC(=O)NCCOCCOCCOCCOCCOCCOCCOCCOCCOCCOCCOCCNC(=S)Nc3ccc(-c4c5ccc(=O)cc-5oc5cc(O)ccc45)cc3)[C@H]2c2ccccc2)cc(C(F)(F)F)c1. The number of fused-ring (bicyclic) bond motifs is 2. The van der Waals surface area contributed by atoms with Crippen molar-refractivity contribution in [2.45, 2.75) is 44.7 Å². The van der Waals surface area contributed by atoms with E-state index in [1.807, 2.05) is 54.6 Å². The number of aromatic hydroxyl groups is 1. The number of anilines is 1. The molecular weight excluding hydrogens is 1190 g/mol. The van der Waals surface area contributed by atoms with E-state index >= 15 is 0 Å². The first-order valence-corrected chi connectivity index (χ1v) is 30.9. The van der Waals surface area contributed by atoms with Gasteiger partial charge in [-0.3, -0.25) is 14.5 Å². The lowest BCUT2D eigenvalue weighted by Crippen LogP contribution is -2.47. The van der Waals surface area contributed by atoms with Gasteiger partial charge in [-0.05, 0) is 104 Å². The Morgan fingerprint density at radius 1 is 0.622 bits per heavy atom. The Bertz CT molecular complexity index is 3040. The molecule has 2 aliphatic heterocycles. The molecule has 492 valence electrons. The minimum atomic E-state index is -4.44. The molecule has 1 amide bonds. The molecular formula is C66H85F3N4O16S. The van der Waals surface area contributed by atoms with Crippen LogP contribution in [0.5, 0.6) is 5.75 Å². The second kappa shape index (κ2) is 40.6. The van der Waals surface area contributed by atoms with E-state index in [0.29, 0.717) is 199 Å². The van der Waals surface area contributed by atoms with Crippen molar-refractivity contribution in [1.82, 2.24) is 15.5 Å². The van der Waals surface area contributed by atoms with E-state index in [1.165, 1.54) is 12.1 Å². The number of halogens is 3. The van der Waals surface area contributed by atoms with Gasteiger partial charge in [0, 0.05) is 47.4 Å². The zero-order valence-corrected chi connectivity index (χ0v) is 51.9. The van der Waals surface area contributed by atoms with Gasteiger partial charge in [0.1, 0.15) is 17.1 Å². The Labute approximate surface area is 529 Å². The highest BCUT2D eigenvalue weighted by molar-refractivity contribution is 7.80. The van der Waals surface area contributed by atoms with Crippen LogP contribution in [-0.2, 0) is 74.4 Å². The maximum absolute atomic E-state index is 13.5. The molecule has 1 saturated heterocycles. The van der Waals surface area contributed by atoms with Crippen molar-refractivity contribution in [3.8, 4) is 28.2 Å². The molecule has 0 spiro atoms. The van der Waals surface area contributed by atoms with Gasteiger partial charge < -0.3 is 82.3 Å². The Morgan fingerprint density at radius 2 is 1.14 bits per heavy atom. The fraction of sp³-hybridized carbons (Fsp3) is 0.500. The number of ether oxygens (including phenoxy) is 12. The molecule has 0 radical (unpaired) electrons. The van der Waals surface area contributed by atoms with Crippen LogP contribution in [0, 0.1) is 6.92 Å². The Balaban J connectivity index is 0.564. The predicted octanol–water partition coefficient (Wildman–Crippen LogP) is 8.61. The first-order valence-electron chi connectivity index (χ1n) is 30.5. The van der Waals surface area contributed by atoms with Crippen LogP contribution < -0.4 is 21.4 Å². The van der Waals surface area contributed by atoms with E-state index in [0.717, 1.165) is 51.9 Å². The fourth-order valence-corrected chi connectivity index (χ4v) is 10.1. The van der Waals surface area contributed by atoms with E-state index in [4.69, 9.17) is 73.5 Å². The number of likely N-dealkylation sites (tertiary alicyclic amines) is 1. The molecule has 24 heteroatoms. The summed E-state index contributed by atoms with van der Waals surface area (Å²) in [6.07, 6.45) is -3.25. The van der Waals surface area contributed by atoms with Crippen LogP contribution in [-0.4, -0.2) is 199 Å². The van der Waals surface area contributed by atoms with Crippen LogP contribution in [0.2, 0.25) is 0 Å². The number of hydrogen-bond acceptors (Lipinski definition) is 18. The first kappa shape index (κ1) is 71.2. The monoisotopic (exact) mass is 1280 g/mol. The molecule has 2 heterocycles. The highest BCUT2D eigenvalue weighted by atomic mass is 32.1. The van der Waals surface area contributed by atoms with Gasteiger partial charge in [-0.25, -0.2) is 0 Å². The fourth-order valence-electron chi connectivity index (χ4n) is 9.87. The summed E-state index contributed by atoms with van der Waals surface area (Å²) in [5.41, 5.74) is 4.99. The molecule has 0 bridgehead atoms. The summed E-state index contributed by atoms with van der Waals surface area (Å²) >= 11 is 5.47. The third kappa shape index (κ3) is 26.2. The largest absolute Gasteiger partial charge is 0.508 e. The predicted molar refractivity (Wildman–Crippen MR) is 337 cm³/mol. The van der Waals surface area contributed by atoms with Gasteiger partial charge >= 0.3 is 6.18 Å². The van der Waals surface area contributed by atoms with Gasteiger partial charge in [0.2, 0.25) is 5.91 Å². The minimum absolute atomic E-state index is 0.0337. The van der Waals surface area contributed by atoms with Crippen molar-refractivity contribution in [3.05, 3.63) is 142 Å². The Hall–Kier alpha value is -6.20. The normalized spacial score (nSPS) is 14.6. The van der Waals surface area contributed by atoms with Gasteiger partial charge in [-0.15, -0.1) is 0 Å². The molecule has 4 aromatic carbocycles. The summed E-state index contributed by atoms with van der Waals surface area (Å²) in [6, 6.07) is 30.9. The van der Waals surface area contributed by atoms with Crippen LogP contribution in [0.4, 0.5) is 18.9 Å². The Kier molecular flexibility index (Phi) is 32.1. The number of phenols is 1. The van der Waals surface area contributed by atoms with E-state index < -0.39 is 11.7 Å². The zero-order chi connectivity index (χ0) is 63.4. The van der Waals surface area contributed by atoms with Crippen molar-refractivity contribution in [2.24, 2.45) is 0 Å². The molecule has 7 rings (SSSR count). The number of rotatable bonds is 44. The minimum Gasteiger partial charge on any atom is -0.508 e. The summed E-state index contributed by atoms with van der Waals surface area (Å²) in [6.45, 7) is 12.8. The van der Waals surface area contributed by atoms with E-state index in [-0.39, 0.29) is 42.4 Å². The number of carbonyl (C=O) groups excluding carboxylic acids is 1. The van der Waals surface area contributed by atoms with Crippen molar-refractivity contribution in [1.29, 1.82) is 0 Å². The maximum atomic E-state index is 13.5. The first-order chi connectivity index (χ1) is 43.9. The molecule has 1 fully saturated rings. The zero-order valence-electron chi connectivity index (χ0n) is 51.1. The molecule has 1 aliphatic carbocycles. The van der Waals surface area contributed by atoms with Gasteiger partial charge in [0.25, 0.3) is 0 Å². The van der Waals surface area contributed by atoms with Gasteiger partial charge in [0.15, 0.2) is 10.5 Å². The third-order valence-corrected chi connectivity index (χ3v) is 14.3. The Morgan fingerprint density at radius 3 is 1.68 bits per heavy atom. The highest BCUT2D eigenvalue weighted by Gasteiger charge is 2.35. The number of nitrogens with one attached hydrogen (secondary N) is 3. The number of thiocarbonyl (C=S) groups is 1. The number of benzene rings is 5. The summed E-state index contributed by atoms with van der Waals surface area (Å²) < 4.78 is 114. The smallest absolute Gasteiger partial charge is 0.416 e. The lowest BCUT2D eigenvalue weighted by molar-refractivity contribution is -0.137. The number of phenolic OH excluding ortho intramolecular Hbond substituents is 1. The quantitative estimate of drug-likeness (QED) is 0.0160. The topological polar surface area (TPSA) is 218 Å². The molecule has 20 nitrogen and oxygen atoms in total. The molecule has 0 saturated carbocycles. The van der Waals surface area contributed by atoms with E-state index in [1.54, 1.807) is 37.3 Å². The van der Waals surface area contributed by atoms with Gasteiger partial charge in [0.05, 0.1) is 176 Å². The van der Waals surface area contributed by atoms with Crippen molar-refractivity contribution < 1.29 is 84.3 Å². The lowest BCUT2D eigenvalue weighted by Gasteiger charge is -2.41.